The van der Waals surface area contributed by atoms with Gasteiger partial charge in [0.2, 0.25) is 0 Å². The summed E-state index contributed by atoms with van der Waals surface area (Å²) in [5, 5.41) is 0. The lowest BCUT2D eigenvalue weighted by Gasteiger charge is -2.28. The van der Waals surface area contributed by atoms with E-state index in [1.165, 1.54) is 167 Å². The molecular weight excluding hydrogens is 591 g/mol. The molecule has 0 radical (unpaired) electrons. The molecular formula is C40H85NO4S. The largest absolute Gasteiger partial charge is 0.400 e. The van der Waals surface area contributed by atoms with E-state index in [-0.39, 0.29) is 6.15 Å². The van der Waals surface area contributed by atoms with Gasteiger partial charge in [-0.25, -0.2) is 8.37 Å². The fourth-order valence-corrected chi connectivity index (χ4v) is 7.80. The zero-order valence-electron chi connectivity index (χ0n) is 32.4. The van der Waals surface area contributed by atoms with E-state index in [4.69, 9.17) is 8.37 Å². The Balaban J connectivity index is 0. The first-order valence-corrected chi connectivity index (χ1v) is 21.5. The van der Waals surface area contributed by atoms with E-state index < -0.39 is 21.6 Å². The second-order valence-corrected chi connectivity index (χ2v) is 16.6. The van der Waals surface area contributed by atoms with Crippen molar-refractivity contribution in [1.29, 1.82) is 0 Å². The molecule has 0 saturated carbocycles. The molecule has 5 nitrogen and oxygen atoms in total. The molecule has 0 amide bonds. The Morgan fingerprint density at radius 2 is 0.522 bits per heavy atom. The molecule has 0 unspecified atom stereocenters. The molecule has 0 atom stereocenters. The van der Waals surface area contributed by atoms with Crippen LogP contribution in [-0.4, -0.2) is 19.6 Å². The van der Waals surface area contributed by atoms with E-state index in [1.54, 1.807) is 0 Å². The van der Waals surface area contributed by atoms with E-state index in [2.05, 4.69) is 13.8 Å². The van der Waals surface area contributed by atoms with Crippen LogP contribution in [0.5, 0.6) is 0 Å². The summed E-state index contributed by atoms with van der Waals surface area (Å²) in [6, 6.07) is 0. The lowest BCUT2D eigenvalue weighted by molar-refractivity contribution is 0.0317. The highest BCUT2D eigenvalue weighted by molar-refractivity contribution is 7.81. The maximum Gasteiger partial charge on any atom is 0.400 e. The third kappa shape index (κ3) is 35.1. The molecule has 0 saturated heterocycles. The fourth-order valence-electron chi connectivity index (χ4n) is 6.50. The Morgan fingerprint density at radius 3 is 0.717 bits per heavy atom. The first kappa shape index (κ1) is 47.9. The van der Waals surface area contributed by atoms with Crippen LogP contribution in [-0.2, 0) is 18.8 Å². The lowest BCUT2D eigenvalue weighted by atomic mass is 9.99. The molecule has 0 spiro atoms. The molecule has 280 valence electrons. The van der Waals surface area contributed by atoms with Gasteiger partial charge in [0.25, 0.3) is 0 Å². The first-order chi connectivity index (χ1) is 21.5. The highest BCUT2D eigenvalue weighted by Gasteiger charge is 2.32. The van der Waals surface area contributed by atoms with Crippen molar-refractivity contribution in [3.8, 4) is 0 Å². The molecule has 6 heteroatoms. The van der Waals surface area contributed by atoms with Crippen molar-refractivity contribution in [2.45, 2.75) is 258 Å². The highest BCUT2D eigenvalue weighted by atomic mass is 32.3. The topological polar surface area (TPSA) is 87.6 Å². The SMILES string of the molecule is CCCCCCCCCCCCCCCCCC(C)(C)OS(=O)(=O)OC(C)(C)CCCCCCCCCCCCCCCCC.N. The summed E-state index contributed by atoms with van der Waals surface area (Å²) < 4.78 is 36.6. The van der Waals surface area contributed by atoms with Gasteiger partial charge in [0.1, 0.15) is 0 Å². The number of hydrogen-bond donors (Lipinski definition) is 1. The quantitative estimate of drug-likeness (QED) is 0.0668. The van der Waals surface area contributed by atoms with E-state index in [9.17, 15) is 8.42 Å². The highest BCUT2D eigenvalue weighted by Crippen LogP contribution is 2.27. The van der Waals surface area contributed by atoms with Gasteiger partial charge in [-0.1, -0.05) is 206 Å². The monoisotopic (exact) mass is 676 g/mol. The molecule has 3 N–H and O–H groups in total. The number of hydrogen-bond acceptors (Lipinski definition) is 5. The Hall–Kier alpha value is -0.170. The van der Waals surface area contributed by atoms with Gasteiger partial charge in [-0.15, -0.1) is 0 Å². The molecule has 0 aliphatic carbocycles. The molecule has 0 aromatic heterocycles. The minimum atomic E-state index is -4.04. The Labute approximate surface area is 290 Å². The van der Waals surface area contributed by atoms with Crippen LogP contribution in [0.2, 0.25) is 0 Å². The molecule has 0 aliphatic rings. The zero-order chi connectivity index (χ0) is 33.5. The second kappa shape index (κ2) is 32.1. The van der Waals surface area contributed by atoms with Crippen LogP contribution < -0.4 is 6.15 Å². The van der Waals surface area contributed by atoms with Gasteiger partial charge in [-0.05, 0) is 40.5 Å². The van der Waals surface area contributed by atoms with Gasteiger partial charge >= 0.3 is 10.4 Å². The van der Waals surface area contributed by atoms with Crippen LogP contribution in [0.15, 0.2) is 0 Å². The maximum atomic E-state index is 12.7. The van der Waals surface area contributed by atoms with Crippen LogP contribution in [0, 0.1) is 0 Å². The van der Waals surface area contributed by atoms with Crippen LogP contribution in [0.1, 0.15) is 247 Å². The fraction of sp³-hybridized carbons (Fsp3) is 1.00. The second-order valence-electron chi connectivity index (χ2n) is 15.5. The minimum Gasteiger partial charge on any atom is -0.344 e. The normalized spacial score (nSPS) is 12.5. The van der Waals surface area contributed by atoms with Crippen molar-refractivity contribution in [2.24, 2.45) is 0 Å². The van der Waals surface area contributed by atoms with E-state index >= 15 is 0 Å². The molecule has 0 aliphatic heterocycles. The van der Waals surface area contributed by atoms with Gasteiger partial charge in [0.05, 0.1) is 11.2 Å². The smallest absolute Gasteiger partial charge is 0.344 e. The van der Waals surface area contributed by atoms with Crippen LogP contribution >= 0.6 is 0 Å². The third-order valence-corrected chi connectivity index (χ3v) is 10.7. The summed E-state index contributed by atoms with van der Waals surface area (Å²) in [6.07, 6.45) is 41.3. The van der Waals surface area contributed by atoms with Crippen molar-refractivity contribution in [1.82, 2.24) is 6.15 Å². The predicted octanol–water partition coefficient (Wildman–Crippen LogP) is 14.5. The van der Waals surface area contributed by atoms with Crippen molar-refractivity contribution < 1.29 is 16.8 Å². The molecule has 0 aromatic rings. The summed E-state index contributed by atoms with van der Waals surface area (Å²) in [6.45, 7) is 12.1. The molecule has 0 fully saturated rings. The molecule has 0 heterocycles. The Kier molecular flexibility index (Phi) is 33.4. The lowest BCUT2D eigenvalue weighted by Crippen LogP contribution is -2.35. The van der Waals surface area contributed by atoms with Gasteiger partial charge in [0, 0.05) is 0 Å². The van der Waals surface area contributed by atoms with Crippen molar-refractivity contribution >= 4 is 10.4 Å². The molecule has 46 heavy (non-hydrogen) atoms. The summed E-state index contributed by atoms with van der Waals surface area (Å²) >= 11 is 0. The minimum absolute atomic E-state index is 0. The summed E-state index contributed by atoms with van der Waals surface area (Å²) in [7, 11) is -4.04. The van der Waals surface area contributed by atoms with E-state index in [0.717, 1.165) is 38.5 Å². The summed E-state index contributed by atoms with van der Waals surface area (Å²) in [5.74, 6) is 0. The van der Waals surface area contributed by atoms with Crippen molar-refractivity contribution in [3.05, 3.63) is 0 Å². The first-order valence-electron chi connectivity index (χ1n) is 20.2. The van der Waals surface area contributed by atoms with Crippen LogP contribution in [0.25, 0.3) is 0 Å². The van der Waals surface area contributed by atoms with Crippen LogP contribution in [0.3, 0.4) is 0 Å². The van der Waals surface area contributed by atoms with Gasteiger partial charge in [-0.2, -0.15) is 8.42 Å². The van der Waals surface area contributed by atoms with Crippen molar-refractivity contribution in [3.63, 3.8) is 0 Å². The summed E-state index contributed by atoms with van der Waals surface area (Å²) in [4.78, 5) is 0. The average Bonchev–Trinajstić information content (AvgIpc) is 2.95. The Morgan fingerprint density at radius 1 is 0.348 bits per heavy atom. The number of rotatable bonds is 36. The third-order valence-electron chi connectivity index (χ3n) is 9.42. The maximum absolute atomic E-state index is 12.7. The zero-order valence-corrected chi connectivity index (χ0v) is 33.2. The predicted molar refractivity (Wildman–Crippen MR) is 203 cm³/mol. The van der Waals surface area contributed by atoms with Gasteiger partial charge < -0.3 is 6.15 Å². The van der Waals surface area contributed by atoms with E-state index in [0.29, 0.717) is 0 Å². The Bertz CT molecular complexity index is 669. The van der Waals surface area contributed by atoms with Crippen LogP contribution in [0.4, 0.5) is 0 Å². The number of unbranched alkanes of at least 4 members (excludes halogenated alkanes) is 28. The van der Waals surface area contributed by atoms with E-state index in [1.807, 2.05) is 27.7 Å². The average molecular weight is 676 g/mol. The van der Waals surface area contributed by atoms with Gasteiger partial charge in [0.15, 0.2) is 0 Å². The van der Waals surface area contributed by atoms with Crippen molar-refractivity contribution in [2.75, 3.05) is 0 Å². The standard InChI is InChI=1S/C40H82O4S.H3N/c1-7-9-11-13-15-17-19-21-23-25-27-29-31-33-35-37-39(3,4)43-45(41,42)44-40(5,6)38-36-34-32-30-28-26-24-22-20-18-16-14-12-10-8-2;/h7-38H2,1-6H3;1H3. The molecule has 0 bridgehead atoms. The molecule has 0 rings (SSSR count). The molecule has 0 aromatic carbocycles. The summed E-state index contributed by atoms with van der Waals surface area (Å²) in [5.41, 5.74) is -1.47. The van der Waals surface area contributed by atoms with Gasteiger partial charge in [-0.3, -0.25) is 0 Å².